The quantitative estimate of drug-likeness (QED) is 0.728. The zero-order valence-electron chi connectivity index (χ0n) is 15.2. The maximum Gasteiger partial charge on any atom is 0.417 e. The molecule has 0 heterocycles. The average Bonchev–Trinajstić information content (AvgIpc) is 2.63. The van der Waals surface area contributed by atoms with Crippen LogP contribution in [0, 0.1) is 0 Å². The number of hydrogen-bond donors (Lipinski definition) is 2. The molecule has 0 aromatic heterocycles. The molecule has 0 bridgehead atoms. The smallest absolute Gasteiger partial charge is 0.382 e. The monoisotopic (exact) mass is 376 g/mol. The number of nitrogens with zero attached hydrogens (tertiary/aromatic N) is 1. The number of aliphatic hydroxyl groups excluding tert-OH is 1. The largest absolute Gasteiger partial charge is 0.417 e. The molecule has 0 aliphatic rings. The summed E-state index contributed by atoms with van der Waals surface area (Å²) in [5.74, 6) is 0. The fourth-order valence-corrected chi connectivity index (χ4v) is 2.28. The van der Waals surface area contributed by atoms with Crippen LogP contribution in [0.25, 0.3) is 12.2 Å². The van der Waals surface area contributed by atoms with E-state index in [1.165, 1.54) is 6.08 Å². The van der Waals surface area contributed by atoms with Gasteiger partial charge in [-0.2, -0.15) is 13.2 Å². The summed E-state index contributed by atoms with van der Waals surface area (Å²) >= 11 is 0. The Kier molecular flexibility index (Phi) is 7.07. The van der Waals surface area contributed by atoms with E-state index in [9.17, 15) is 13.2 Å². The Morgan fingerprint density at radius 1 is 0.963 bits per heavy atom. The number of hydrogen-bond acceptors (Lipinski definition) is 3. The Bertz CT molecular complexity index is 764. The first kappa shape index (κ1) is 20.6. The molecule has 0 aliphatic heterocycles. The van der Waals surface area contributed by atoms with Gasteiger partial charge in [0, 0.05) is 32.0 Å². The number of halogens is 3. The van der Waals surface area contributed by atoms with Crippen molar-refractivity contribution in [3.05, 3.63) is 71.8 Å². The van der Waals surface area contributed by atoms with E-state index < -0.39 is 12.3 Å². The van der Waals surface area contributed by atoms with E-state index in [4.69, 9.17) is 5.11 Å². The zero-order chi connectivity index (χ0) is 19.9. The van der Waals surface area contributed by atoms with Gasteiger partial charge in [0.1, 0.15) is 0 Å². The molecule has 0 amide bonds. The topological polar surface area (TPSA) is 35.5 Å². The van der Waals surface area contributed by atoms with Gasteiger partial charge in [-0.3, -0.25) is 0 Å². The number of anilines is 2. The highest BCUT2D eigenvalue weighted by Gasteiger charge is 2.36. The predicted octanol–water partition coefficient (Wildman–Crippen LogP) is 4.81. The van der Waals surface area contributed by atoms with Crippen LogP contribution in [0.4, 0.5) is 24.5 Å². The highest BCUT2D eigenvalue weighted by molar-refractivity contribution is 5.57. The van der Waals surface area contributed by atoms with Crippen molar-refractivity contribution in [3.63, 3.8) is 0 Å². The molecule has 1 unspecified atom stereocenters. The Morgan fingerprint density at radius 2 is 1.52 bits per heavy atom. The number of rotatable bonds is 7. The molecule has 6 heteroatoms. The normalized spacial score (nSPS) is 13.3. The van der Waals surface area contributed by atoms with Gasteiger partial charge < -0.3 is 15.3 Å². The van der Waals surface area contributed by atoms with Crippen LogP contribution in [0.3, 0.4) is 0 Å². The van der Waals surface area contributed by atoms with Crippen molar-refractivity contribution in [2.24, 2.45) is 0 Å². The SMILES string of the molecule is CN(C)c1ccc(/C=C/CNc2ccc(/C=C/C(O)C(F)(F)F)cc2)cc1. The predicted molar refractivity (Wildman–Crippen MR) is 106 cm³/mol. The highest BCUT2D eigenvalue weighted by Crippen LogP contribution is 2.21. The minimum Gasteiger partial charge on any atom is -0.382 e. The molecule has 1 atom stereocenters. The Morgan fingerprint density at radius 3 is 2.07 bits per heavy atom. The molecule has 2 aromatic rings. The van der Waals surface area contributed by atoms with Crippen LogP contribution >= 0.6 is 0 Å². The molecule has 2 N–H and O–H groups in total. The first-order valence-corrected chi connectivity index (χ1v) is 8.46. The number of benzene rings is 2. The van der Waals surface area contributed by atoms with Crippen LogP contribution in [0.2, 0.25) is 0 Å². The van der Waals surface area contributed by atoms with Crippen molar-refractivity contribution in [1.82, 2.24) is 0 Å². The van der Waals surface area contributed by atoms with Crippen LogP contribution in [0.5, 0.6) is 0 Å². The third-order valence-electron chi connectivity index (χ3n) is 3.86. The van der Waals surface area contributed by atoms with Crippen molar-refractivity contribution in [1.29, 1.82) is 0 Å². The van der Waals surface area contributed by atoms with Crippen molar-refractivity contribution >= 4 is 23.5 Å². The second-order valence-electron chi connectivity index (χ2n) is 6.24. The maximum absolute atomic E-state index is 12.2. The molecule has 2 rings (SSSR count). The summed E-state index contributed by atoms with van der Waals surface area (Å²) in [6, 6.07) is 15.1. The molecule has 0 radical (unpaired) electrons. The van der Waals surface area contributed by atoms with E-state index in [1.807, 2.05) is 43.3 Å². The fraction of sp³-hybridized carbons (Fsp3) is 0.238. The van der Waals surface area contributed by atoms with Crippen LogP contribution < -0.4 is 10.2 Å². The summed E-state index contributed by atoms with van der Waals surface area (Å²) in [6.45, 7) is 0.622. The fourth-order valence-electron chi connectivity index (χ4n) is 2.28. The van der Waals surface area contributed by atoms with Crippen LogP contribution in [0.1, 0.15) is 11.1 Å². The van der Waals surface area contributed by atoms with Crippen LogP contribution in [0.15, 0.2) is 60.7 Å². The van der Waals surface area contributed by atoms with Crippen molar-refractivity contribution < 1.29 is 18.3 Å². The van der Waals surface area contributed by atoms with Gasteiger partial charge in [-0.1, -0.05) is 42.5 Å². The van der Waals surface area contributed by atoms with E-state index in [0.717, 1.165) is 23.0 Å². The van der Waals surface area contributed by atoms with Crippen LogP contribution in [-0.2, 0) is 0 Å². The molecule has 0 spiro atoms. The first-order chi connectivity index (χ1) is 12.8. The summed E-state index contributed by atoms with van der Waals surface area (Å²) in [5.41, 5.74) is 3.68. The Labute approximate surface area is 157 Å². The van der Waals surface area contributed by atoms with Crippen molar-refractivity contribution in [3.8, 4) is 0 Å². The molecule has 27 heavy (non-hydrogen) atoms. The Balaban J connectivity index is 1.83. The van der Waals surface area contributed by atoms with Gasteiger partial charge in [-0.05, 0) is 41.5 Å². The second kappa shape index (κ2) is 9.28. The van der Waals surface area contributed by atoms with Crippen molar-refractivity contribution in [2.45, 2.75) is 12.3 Å². The summed E-state index contributed by atoms with van der Waals surface area (Å²) < 4.78 is 36.7. The lowest BCUT2D eigenvalue weighted by atomic mass is 10.1. The third-order valence-corrected chi connectivity index (χ3v) is 3.86. The highest BCUT2D eigenvalue weighted by atomic mass is 19.4. The summed E-state index contributed by atoms with van der Waals surface area (Å²) in [4.78, 5) is 2.04. The van der Waals surface area contributed by atoms with Gasteiger partial charge in [0.25, 0.3) is 0 Å². The molecule has 0 saturated heterocycles. The summed E-state index contributed by atoms with van der Waals surface area (Å²) in [6.07, 6.45) is -1.10. The molecule has 0 saturated carbocycles. The standard InChI is InChI=1S/C21H23F3N2O/c1-26(2)19-12-7-16(8-13-19)4-3-15-25-18-10-5-17(6-11-18)9-14-20(27)21(22,23)24/h3-14,20,25,27H,15H2,1-2H3/b4-3+,14-9+. The lowest BCUT2D eigenvalue weighted by Crippen LogP contribution is -2.25. The molecular formula is C21H23F3N2O. The van der Waals surface area contributed by atoms with Gasteiger partial charge >= 0.3 is 6.18 Å². The minimum absolute atomic E-state index is 0.584. The molecule has 144 valence electrons. The maximum atomic E-state index is 12.2. The van der Waals surface area contributed by atoms with E-state index in [1.54, 1.807) is 24.3 Å². The molecule has 0 aliphatic carbocycles. The number of nitrogens with one attached hydrogen (secondary N) is 1. The van der Waals surface area contributed by atoms with E-state index in [0.29, 0.717) is 12.1 Å². The van der Waals surface area contributed by atoms with Gasteiger partial charge in [0.15, 0.2) is 6.10 Å². The third kappa shape index (κ3) is 6.83. The number of alkyl halides is 3. The van der Waals surface area contributed by atoms with Gasteiger partial charge in [0.05, 0.1) is 0 Å². The van der Waals surface area contributed by atoms with Gasteiger partial charge in [-0.15, -0.1) is 0 Å². The molecule has 3 nitrogen and oxygen atoms in total. The van der Waals surface area contributed by atoms with Gasteiger partial charge in [0.2, 0.25) is 0 Å². The molecule has 0 fully saturated rings. The zero-order valence-corrected chi connectivity index (χ0v) is 15.2. The first-order valence-electron chi connectivity index (χ1n) is 8.46. The molecular weight excluding hydrogens is 353 g/mol. The number of aliphatic hydroxyl groups is 1. The summed E-state index contributed by atoms with van der Waals surface area (Å²) in [5, 5.41) is 12.2. The average molecular weight is 376 g/mol. The van der Waals surface area contributed by atoms with E-state index >= 15 is 0 Å². The molecule has 2 aromatic carbocycles. The lowest BCUT2D eigenvalue weighted by Gasteiger charge is -2.11. The minimum atomic E-state index is -4.64. The van der Waals surface area contributed by atoms with E-state index in [-0.39, 0.29) is 0 Å². The van der Waals surface area contributed by atoms with E-state index in [2.05, 4.69) is 17.4 Å². The van der Waals surface area contributed by atoms with Crippen LogP contribution in [-0.4, -0.2) is 38.0 Å². The summed E-state index contributed by atoms with van der Waals surface area (Å²) in [7, 11) is 3.99. The Hall–Kier alpha value is -2.73. The second-order valence-corrected chi connectivity index (χ2v) is 6.24. The van der Waals surface area contributed by atoms with Crippen molar-refractivity contribution in [2.75, 3.05) is 30.9 Å². The van der Waals surface area contributed by atoms with Gasteiger partial charge in [-0.25, -0.2) is 0 Å². The lowest BCUT2D eigenvalue weighted by molar-refractivity contribution is -0.187.